The Morgan fingerprint density at radius 1 is 1.05 bits per heavy atom. The summed E-state index contributed by atoms with van der Waals surface area (Å²) in [5.41, 5.74) is 3.57. The van der Waals surface area contributed by atoms with E-state index in [9.17, 15) is 8.42 Å². The van der Waals surface area contributed by atoms with Gasteiger partial charge in [-0.1, -0.05) is 30.3 Å². The number of hydrogen-bond acceptors (Lipinski definition) is 3. The van der Waals surface area contributed by atoms with Gasteiger partial charge in [0.2, 0.25) is 10.0 Å². The van der Waals surface area contributed by atoms with Crippen LogP contribution < -0.4 is 10.5 Å². The summed E-state index contributed by atoms with van der Waals surface area (Å²) in [6, 6.07) is 15.5. The second-order valence-corrected chi connectivity index (χ2v) is 6.99. The normalized spacial score (nSPS) is 18.0. The van der Waals surface area contributed by atoms with Gasteiger partial charge in [-0.25, -0.2) is 13.6 Å². The number of hydrogen-bond donors (Lipinski definition) is 2. The van der Waals surface area contributed by atoms with Crippen LogP contribution in [0.1, 0.15) is 17.5 Å². The summed E-state index contributed by atoms with van der Waals surface area (Å²) >= 11 is 0. The molecule has 5 heteroatoms. The highest BCUT2D eigenvalue weighted by Crippen LogP contribution is 2.24. The van der Waals surface area contributed by atoms with Gasteiger partial charge in [-0.15, -0.1) is 0 Å². The van der Waals surface area contributed by atoms with Crippen molar-refractivity contribution in [1.29, 1.82) is 0 Å². The van der Waals surface area contributed by atoms with Crippen molar-refractivity contribution in [2.75, 3.05) is 5.32 Å². The van der Waals surface area contributed by atoms with Gasteiger partial charge in [0, 0.05) is 11.7 Å². The maximum Gasteiger partial charge on any atom is 0.238 e. The van der Waals surface area contributed by atoms with Crippen LogP contribution in [0.2, 0.25) is 0 Å². The number of anilines is 1. The Balaban J connectivity index is 1.77. The average Bonchev–Trinajstić information content (AvgIpc) is 2.46. The first-order chi connectivity index (χ1) is 10.0. The highest BCUT2D eigenvalue weighted by Gasteiger charge is 2.18. The van der Waals surface area contributed by atoms with E-state index in [4.69, 9.17) is 5.14 Å². The number of nitrogens with two attached hydrogens (primary N) is 1. The Bertz CT molecular complexity index is 756. The van der Waals surface area contributed by atoms with E-state index in [0.717, 1.165) is 24.9 Å². The predicted octanol–water partition coefficient (Wildman–Crippen LogP) is 2.30. The molecule has 0 saturated carbocycles. The van der Waals surface area contributed by atoms with E-state index < -0.39 is 10.0 Å². The van der Waals surface area contributed by atoms with Crippen LogP contribution in [0.15, 0.2) is 53.4 Å². The Morgan fingerprint density at radius 2 is 1.81 bits per heavy atom. The monoisotopic (exact) mass is 302 g/mol. The molecule has 0 amide bonds. The summed E-state index contributed by atoms with van der Waals surface area (Å²) in [4.78, 5) is 0.142. The molecule has 0 radical (unpaired) electrons. The van der Waals surface area contributed by atoms with Gasteiger partial charge in [0.1, 0.15) is 0 Å². The third-order valence-corrected chi connectivity index (χ3v) is 4.79. The molecule has 2 aromatic carbocycles. The third kappa shape index (κ3) is 3.25. The van der Waals surface area contributed by atoms with Gasteiger partial charge in [-0.05, 0) is 48.6 Å². The lowest BCUT2D eigenvalue weighted by atomic mass is 9.88. The van der Waals surface area contributed by atoms with Crippen LogP contribution in [0.4, 0.5) is 5.69 Å². The smallest absolute Gasteiger partial charge is 0.238 e. The molecule has 0 bridgehead atoms. The van der Waals surface area contributed by atoms with Gasteiger partial charge in [0.15, 0.2) is 0 Å². The molecule has 1 unspecified atom stereocenters. The Labute approximate surface area is 125 Å². The lowest BCUT2D eigenvalue weighted by Crippen LogP contribution is -2.27. The van der Waals surface area contributed by atoms with Crippen LogP contribution in [0.25, 0.3) is 0 Å². The topological polar surface area (TPSA) is 72.2 Å². The predicted molar refractivity (Wildman–Crippen MR) is 83.7 cm³/mol. The number of benzene rings is 2. The summed E-state index contributed by atoms with van der Waals surface area (Å²) in [6.07, 6.45) is 3.04. The fourth-order valence-corrected chi connectivity index (χ4v) is 3.38. The Kier molecular flexibility index (Phi) is 3.69. The number of sulfonamides is 1. The van der Waals surface area contributed by atoms with E-state index in [1.54, 1.807) is 12.1 Å². The molecule has 0 aromatic heterocycles. The summed E-state index contributed by atoms with van der Waals surface area (Å²) < 4.78 is 22.8. The molecule has 3 N–H and O–H groups in total. The molecular weight excluding hydrogens is 284 g/mol. The summed E-state index contributed by atoms with van der Waals surface area (Å²) in [5.74, 6) is 0. The molecule has 3 rings (SSSR count). The highest BCUT2D eigenvalue weighted by atomic mass is 32.2. The molecule has 0 fully saturated rings. The maximum atomic E-state index is 11.4. The van der Waals surface area contributed by atoms with E-state index in [-0.39, 0.29) is 4.90 Å². The second kappa shape index (κ2) is 5.50. The van der Waals surface area contributed by atoms with Crippen molar-refractivity contribution in [3.63, 3.8) is 0 Å². The molecule has 1 aliphatic rings. The largest absolute Gasteiger partial charge is 0.382 e. The lowest BCUT2D eigenvalue weighted by Gasteiger charge is -2.26. The molecule has 4 nitrogen and oxygen atoms in total. The first-order valence-corrected chi connectivity index (χ1v) is 8.53. The van der Waals surface area contributed by atoms with Crippen LogP contribution in [0.3, 0.4) is 0 Å². The Morgan fingerprint density at radius 3 is 2.57 bits per heavy atom. The minimum absolute atomic E-state index is 0.142. The molecule has 0 aliphatic heterocycles. The van der Waals surface area contributed by atoms with Gasteiger partial charge in [0.05, 0.1) is 4.90 Å². The molecule has 0 heterocycles. The van der Waals surface area contributed by atoms with E-state index in [1.165, 1.54) is 17.2 Å². The van der Waals surface area contributed by atoms with Crippen molar-refractivity contribution >= 4 is 15.7 Å². The quantitative estimate of drug-likeness (QED) is 0.914. The first-order valence-electron chi connectivity index (χ1n) is 6.98. The molecular formula is C16H18N2O2S. The molecule has 21 heavy (non-hydrogen) atoms. The van der Waals surface area contributed by atoms with Gasteiger partial charge in [-0.2, -0.15) is 0 Å². The molecule has 2 aromatic rings. The lowest BCUT2D eigenvalue weighted by molar-refractivity contribution is 0.597. The summed E-state index contributed by atoms with van der Waals surface area (Å²) in [5, 5.41) is 8.58. The van der Waals surface area contributed by atoms with Crippen molar-refractivity contribution in [3.8, 4) is 0 Å². The van der Waals surface area contributed by atoms with Crippen LogP contribution >= 0.6 is 0 Å². The zero-order valence-electron chi connectivity index (χ0n) is 11.6. The van der Waals surface area contributed by atoms with Crippen LogP contribution in [0, 0.1) is 0 Å². The average molecular weight is 302 g/mol. The van der Waals surface area contributed by atoms with Crippen LogP contribution in [-0.4, -0.2) is 14.5 Å². The van der Waals surface area contributed by atoms with Crippen LogP contribution in [0.5, 0.6) is 0 Å². The molecule has 1 atom stereocenters. The minimum Gasteiger partial charge on any atom is -0.382 e. The number of rotatable bonds is 3. The molecule has 0 spiro atoms. The molecule has 0 saturated heterocycles. The van der Waals surface area contributed by atoms with E-state index in [1.807, 2.05) is 6.07 Å². The number of nitrogens with one attached hydrogen (secondary N) is 1. The minimum atomic E-state index is -3.65. The number of primary sulfonamides is 1. The van der Waals surface area contributed by atoms with Gasteiger partial charge < -0.3 is 5.32 Å². The van der Waals surface area contributed by atoms with Crippen molar-refractivity contribution in [1.82, 2.24) is 0 Å². The number of fused-ring (bicyclic) bond motifs is 1. The first kappa shape index (κ1) is 14.1. The Hall–Kier alpha value is -1.85. The fraction of sp³-hybridized carbons (Fsp3) is 0.250. The summed E-state index contributed by atoms with van der Waals surface area (Å²) in [7, 11) is -3.65. The SMILES string of the molecule is NS(=O)(=O)c1cccc(NC2CCc3ccccc3C2)c1. The van der Waals surface area contributed by atoms with Crippen molar-refractivity contribution in [2.24, 2.45) is 5.14 Å². The van der Waals surface area contributed by atoms with E-state index in [0.29, 0.717) is 6.04 Å². The third-order valence-electron chi connectivity index (χ3n) is 3.88. The van der Waals surface area contributed by atoms with Crippen LogP contribution in [-0.2, 0) is 22.9 Å². The summed E-state index contributed by atoms with van der Waals surface area (Å²) in [6.45, 7) is 0. The second-order valence-electron chi connectivity index (χ2n) is 5.43. The van der Waals surface area contributed by atoms with Gasteiger partial charge in [0.25, 0.3) is 0 Å². The molecule has 1 aliphatic carbocycles. The standard InChI is InChI=1S/C16H18N2O2S/c17-21(19,20)16-7-3-6-14(11-16)18-15-9-8-12-4-1-2-5-13(12)10-15/h1-7,11,15,18H,8-10H2,(H2,17,19,20). The zero-order chi connectivity index (χ0) is 14.9. The maximum absolute atomic E-state index is 11.4. The highest BCUT2D eigenvalue weighted by molar-refractivity contribution is 7.89. The van der Waals surface area contributed by atoms with E-state index >= 15 is 0 Å². The number of aryl methyl sites for hydroxylation is 1. The zero-order valence-corrected chi connectivity index (χ0v) is 12.4. The van der Waals surface area contributed by atoms with Gasteiger partial charge >= 0.3 is 0 Å². The van der Waals surface area contributed by atoms with Crippen molar-refractivity contribution in [3.05, 3.63) is 59.7 Å². The van der Waals surface area contributed by atoms with E-state index in [2.05, 4.69) is 29.6 Å². The molecule has 110 valence electrons. The fourth-order valence-electron chi connectivity index (χ4n) is 2.82. The van der Waals surface area contributed by atoms with Gasteiger partial charge in [-0.3, -0.25) is 0 Å². The van der Waals surface area contributed by atoms with Crippen molar-refractivity contribution < 1.29 is 8.42 Å². The van der Waals surface area contributed by atoms with Crippen molar-refractivity contribution in [2.45, 2.75) is 30.2 Å².